The highest BCUT2D eigenvalue weighted by atomic mass is 35.5. The summed E-state index contributed by atoms with van der Waals surface area (Å²) in [4.78, 5) is 7.25. The molecule has 0 aliphatic rings. The molecule has 0 amide bonds. The number of H-pyrrole nitrogens is 1. The van der Waals surface area contributed by atoms with Crippen molar-refractivity contribution in [1.29, 1.82) is 0 Å². The van der Waals surface area contributed by atoms with Gasteiger partial charge in [-0.2, -0.15) is 0 Å². The number of nitrogens with zero attached hydrogens (tertiary/aromatic N) is 1. The molecule has 0 fully saturated rings. The third-order valence-electron chi connectivity index (χ3n) is 2.39. The molecule has 2 heterocycles. The van der Waals surface area contributed by atoms with Crippen LogP contribution in [0.2, 0.25) is 5.02 Å². The van der Waals surface area contributed by atoms with Crippen LogP contribution in [0.25, 0.3) is 11.0 Å². The molecule has 0 saturated heterocycles. The summed E-state index contributed by atoms with van der Waals surface area (Å²) in [7, 11) is 0. The Bertz CT molecular complexity index is 450. The molecule has 0 radical (unpaired) electrons. The Labute approximate surface area is 87.3 Å². The molecule has 0 spiro atoms. The number of halogens is 1. The zero-order valence-corrected chi connectivity index (χ0v) is 8.67. The van der Waals surface area contributed by atoms with E-state index in [0.717, 1.165) is 23.0 Å². The van der Waals surface area contributed by atoms with E-state index < -0.39 is 0 Å². The molecular weight excluding hydrogens is 198 g/mol. The number of aromatic nitrogens is 2. The van der Waals surface area contributed by atoms with Crippen molar-refractivity contribution in [3.8, 4) is 0 Å². The van der Waals surface area contributed by atoms with Crippen LogP contribution in [0.5, 0.6) is 0 Å². The fourth-order valence-electron chi connectivity index (χ4n) is 1.55. The lowest BCUT2D eigenvalue weighted by Crippen LogP contribution is -2.07. The normalized spacial score (nSPS) is 13.4. The topological polar surface area (TPSA) is 54.7 Å². The van der Waals surface area contributed by atoms with Crippen molar-refractivity contribution in [2.45, 2.75) is 19.4 Å². The zero-order valence-electron chi connectivity index (χ0n) is 7.92. The predicted octanol–water partition coefficient (Wildman–Crippen LogP) is 2.63. The van der Waals surface area contributed by atoms with Crippen molar-refractivity contribution in [3.05, 3.63) is 29.0 Å². The van der Waals surface area contributed by atoms with Crippen molar-refractivity contribution in [1.82, 2.24) is 9.97 Å². The van der Waals surface area contributed by atoms with E-state index in [1.54, 1.807) is 12.3 Å². The smallest absolute Gasteiger partial charge is 0.139 e. The minimum Gasteiger partial charge on any atom is -0.346 e. The van der Waals surface area contributed by atoms with Crippen molar-refractivity contribution in [2.24, 2.45) is 5.73 Å². The number of aromatic amines is 1. The average molecular weight is 210 g/mol. The first-order valence-electron chi connectivity index (χ1n) is 4.61. The van der Waals surface area contributed by atoms with E-state index in [4.69, 9.17) is 17.3 Å². The highest BCUT2D eigenvalue weighted by Gasteiger charge is 2.12. The monoisotopic (exact) mass is 209 g/mol. The number of hydrogen-bond donors (Lipinski definition) is 2. The molecule has 3 nitrogen and oxygen atoms in total. The second-order valence-corrected chi connectivity index (χ2v) is 3.68. The van der Waals surface area contributed by atoms with Gasteiger partial charge in [-0.05, 0) is 18.1 Å². The van der Waals surface area contributed by atoms with E-state index >= 15 is 0 Å². The van der Waals surface area contributed by atoms with Crippen LogP contribution >= 0.6 is 11.6 Å². The number of hydrogen-bond acceptors (Lipinski definition) is 2. The van der Waals surface area contributed by atoms with E-state index in [-0.39, 0.29) is 6.04 Å². The standard InChI is InChI=1S/C10H12ClN3/c1-2-8(12)6-5-14-10-9(6)7(11)3-4-13-10/h3-5,8H,2,12H2,1H3,(H,13,14)/t8-/m1/s1. The van der Waals surface area contributed by atoms with Gasteiger partial charge in [0.25, 0.3) is 0 Å². The summed E-state index contributed by atoms with van der Waals surface area (Å²) in [5.41, 5.74) is 7.81. The summed E-state index contributed by atoms with van der Waals surface area (Å²) in [6.07, 6.45) is 4.46. The Morgan fingerprint density at radius 3 is 3.14 bits per heavy atom. The largest absolute Gasteiger partial charge is 0.346 e. The van der Waals surface area contributed by atoms with Crippen LogP contribution in [-0.4, -0.2) is 9.97 Å². The van der Waals surface area contributed by atoms with Crippen LogP contribution in [0.15, 0.2) is 18.5 Å². The van der Waals surface area contributed by atoms with Crippen molar-refractivity contribution >= 4 is 22.6 Å². The maximum absolute atomic E-state index is 6.09. The lowest BCUT2D eigenvalue weighted by Gasteiger charge is -2.07. The van der Waals surface area contributed by atoms with E-state index in [2.05, 4.69) is 9.97 Å². The van der Waals surface area contributed by atoms with Gasteiger partial charge in [-0.15, -0.1) is 0 Å². The zero-order chi connectivity index (χ0) is 10.1. The van der Waals surface area contributed by atoms with Gasteiger partial charge in [0, 0.05) is 23.8 Å². The molecule has 0 aromatic carbocycles. The maximum atomic E-state index is 6.09. The Morgan fingerprint density at radius 1 is 1.64 bits per heavy atom. The number of pyridine rings is 1. The molecule has 2 aromatic heterocycles. The second-order valence-electron chi connectivity index (χ2n) is 3.28. The third-order valence-corrected chi connectivity index (χ3v) is 2.71. The van der Waals surface area contributed by atoms with Crippen LogP contribution < -0.4 is 5.73 Å². The van der Waals surface area contributed by atoms with Gasteiger partial charge in [-0.1, -0.05) is 18.5 Å². The van der Waals surface area contributed by atoms with Crippen molar-refractivity contribution in [3.63, 3.8) is 0 Å². The Kier molecular flexibility index (Phi) is 2.44. The van der Waals surface area contributed by atoms with E-state index in [1.807, 2.05) is 13.1 Å². The molecule has 2 aromatic rings. The van der Waals surface area contributed by atoms with Gasteiger partial charge in [0.05, 0.1) is 5.02 Å². The van der Waals surface area contributed by atoms with Crippen LogP contribution in [0.3, 0.4) is 0 Å². The molecule has 0 aliphatic carbocycles. The van der Waals surface area contributed by atoms with Crippen LogP contribution in [0, 0.1) is 0 Å². The van der Waals surface area contributed by atoms with Crippen LogP contribution in [-0.2, 0) is 0 Å². The number of fused-ring (bicyclic) bond motifs is 1. The SMILES string of the molecule is CC[C@@H](N)c1c[nH]c2nccc(Cl)c12. The molecular formula is C10H12ClN3. The quantitative estimate of drug-likeness (QED) is 0.799. The summed E-state index contributed by atoms with van der Waals surface area (Å²) in [5.74, 6) is 0. The first-order valence-corrected chi connectivity index (χ1v) is 4.99. The lowest BCUT2D eigenvalue weighted by atomic mass is 10.1. The summed E-state index contributed by atoms with van der Waals surface area (Å²) in [5, 5.41) is 1.65. The summed E-state index contributed by atoms with van der Waals surface area (Å²) >= 11 is 6.09. The number of nitrogens with one attached hydrogen (secondary N) is 1. The maximum Gasteiger partial charge on any atom is 0.139 e. The first kappa shape index (κ1) is 9.49. The van der Waals surface area contributed by atoms with Crippen molar-refractivity contribution < 1.29 is 0 Å². The molecule has 3 N–H and O–H groups in total. The summed E-state index contributed by atoms with van der Waals surface area (Å²) < 4.78 is 0. The van der Waals surface area contributed by atoms with Gasteiger partial charge in [-0.3, -0.25) is 0 Å². The molecule has 0 aliphatic heterocycles. The molecule has 2 rings (SSSR count). The van der Waals surface area contributed by atoms with Gasteiger partial charge in [0.1, 0.15) is 5.65 Å². The fraction of sp³-hybridized carbons (Fsp3) is 0.300. The molecule has 0 saturated carbocycles. The van der Waals surface area contributed by atoms with Gasteiger partial charge in [-0.25, -0.2) is 4.98 Å². The first-order chi connectivity index (χ1) is 6.74. The second kappa shape index (κ2) is 3.59. The fourth-order valence-corrected chi connectivity index (χ4v) is 1.81. The molecule has 1 atom stereocenters. The molecule has 0 bridgehead atoms. The molecule has 4 heteroatoms. The molecule has 14 heavy (non-hydrogen) atoms. The highest BCUT2D eigenvalue weighted by molar-refractivity contribution is 6.35. The highest BCUT2D eigenvalue weighted by Crippen LogP contribution is 2.29. The van der Waals surface area contributed by atoms with Crippen LogP contribution in [0.4, 0.5) is 0 Å². The van der Waals surface area contributed by atoms with Gasteiger partial charge < -0.3 is 10.7 Å². The Hall–Kier alpha value is -1.06. The lowest BCUT2D eigenvalue weighted by molar-refractivity contribution is 0.704. The summed E-state index contributed by atoms with van der Waals surface area (Å²) in [6, 6.07) is 1.80. The minimum absolute atomic E-state index is 0.0189. The van der Waals surface area contributed by atoms with Gasteiger partial charge in [0.15, 0.2) is 0 Å². The van der Waals surface area contributed by atoms with E-state index in [9.17, 15) is 0 Å². The Morgan fingerprint density at radius 2 is 2.43 bits per heavy atom. The van der Waals surface area contributed by atoms with E-state index in [1.165, 1.54) is 0 Å². The van der Waals surface area contributed by atoms with Crippen molar-refractivity contribution in [2.75, 3.05) is 0 Å². The Balaban J connectivity index is 2.67. The van der Waals surface area contributed by atoms with Crippen LogP contribution in [0.1, 0.15) is 24.9 Å². The number of rotatable bonds is 2. The molecule has 74 valence electrons. The molecule has 0 unspecified atom stereocenters. The van der Waals surface area contributed by atoms with Gasteiger partial charge in [0.2, 0.25) is 0 Å². The summed E-state index contributed by atoms with van der Waals surface area (Å²) in [6.45, 7) is 2.05. The number of nitrogens with two attached hydrogens (primary N) is 1. The average Bonchev–Trinajstić information content (AvgIpc) is 2.62. The van der Waals surface area contributed by atoms with E-state index in [0.29, 0.717) is 5.02 Å². The third kappa shape index (κ3) is 1.38. The minimum atomic E-state index is 0.0189. The van der Waals surface area contributed by atoms with Gasteiger partial charge >= 0.3 is 0 Å². The predicted molar refractivity (Wildman–Crippen MR) is 58.3 cm³/mol.